The smallest absolute Gasteiger partial charge is 0.303 e. The molecular weight excluding hydrogens is 525 g/mol. The highest BCUT2D eigenvalue weighted by atomic mass is 35.5. The number of anilines is 1. The number of carbonyl (C=O) groups is 2. The van der Waals surface area contributed by atoms with Crippen molar-refractivity contribution in [2.24, 2.45) is 5.92 Å². The molecule has 0 aliphatic heterocycles. The van der Waals surface area contributed by atoms with Crippen LogP contribution in [0, 0.1) is 5.92 Å². The fourth-order valence-corrected chi connectivity index (χ4v) is 4.50. The van der Waals surface area contributed by atoms with Crippen LogP contribution in [0.1, 0.15) is 43.5 Å². The highest BCUT2D eigenvalue weighted by Crippen LogP contribution is 2.39. The van der Waals surface area contributed by atoms with Crippen LogP contribution in [0.3, 0.4) is 0 Å². The van der Waals surface area contributed by atoms with Gasteiger partial charge in [0.25, 0.3) is 0 Å². The van der Waals surface area contributed by atoms with Crippen molar-refractivity contribution in [3.8, 4) is 17.1 Å². The summed E-state index contributed by atoms with van der Waals surface area (Å²) in [5, 5.41) is 14.1. The summed E-state index contributed by atoms with van der Waals surface area (Å²) in [5.41, 5.74) is 2.87. The highest BCUT2D eigenvalue weighted by Gasteiger charge is 2.18. The number of Topliss-reactive ketones (excluding diaryl/α,β-unsaturated/α-hetero) is 1. The van der Waals surface area contributed by atoms with Gasteiger partial charge < -0.3 is 19.6 Å². The summed E-state index contributed by atoms with van der Waals surface area (Å²) in [5.74, 6) is 0.377. The van der Waals surface area contributed by atoms with Crippen LogP contribution in [0.2, 0.25) is 10.0 Å². The Labute approximate surface area is 231 Å². The second-order valence-corrected chi connectivity index (χ2v) is 10.3. The molecule has 2 N–H and O–H groups in total. The van der Waals surface area contributed by atoms with Crippen molar-refractivity contribution in [1.82, 2.24) is 0 Å². The maximum Gasteiger partial charge on any atom is 0.303 e. The van der Waals surface area contributed by atoms with Gasteiger partial charge >= 0.3 is 5.97 Å². The second kappa shape index (κ2) is 12.4. The van der Waals surface area contributed by atoms with Crippen molar-refractivity contribution in [1.29, 1.82) is 0 Å². The molecule has 0 unspecified atom stereocenters. The molecule has 0 amide bonds. The molecule has 1 heterocycles. The Morgan fingerprint density at radius 3 is 2.39 bits per heavy atom. The first-order valence-corrected chi connectivity index (χ1v) is 13.2. The molecule has 198 valence electrons. The Bertz CT molecular complexity index is 1400. The second-order valence-electron chi connectivity index (χ2n) is 9.46. The molecule has 1 atom stereocenters. The van der Waals surface area contributed by atoms with Gasteiger partial charge in [0, 0.05) is 41.1 Å². The quantitative estimate of drug-likeness (QED) is 0.171. The zero-order valence-electron chi connectivity index (χ0n) is 21.2. The number of benzene rings is 3. The summed E-state index contributed by atoms with van der Waals surface area (Å²) < 4.78 is 12.0. The third-order valence-corrected chi connectivity index (χ3v) is 6.90. The van der Waals surface area contributed by atoms with Crippen molar-refractivity contribution in [3.05, 3.63) is 82.3 Å². The molecule has 1 aromatic heterocycles. The molecule has 4 rings (SSSR count). The molecular formula is C30H29Cl2NO5. The molecule has 0 saturated heterocycles. The van der Waals surface area contributed by atoms with Crippen LogP contribution in [-0.4, -0.2) is 29.5 Å². The van der Waals surface area contributed by atoms with E-state index in [1.54, 1.807) is 24.3 Å². The number of carboxylic acids is 1. The first-order valence-electron chi connectivity index (χ1n) is 12.4. The number of halogens is 2. The Morgan fingerprint density at radius 2 is 1.71 bits per heavy atom. The number of hydrogen-bond acceptors (Lipinski definition) is 5. The number of furan rings is 1. The van der Waals surface area contributed by atoms with E-state index >= 15 is 0 Å². The number of carbonyl (C=O) groups excluding carboxylic acids is 1. The zero-order valence-corrected chi connectivity index (χ0v) is 22.7. The van der Waals surface area contributed by atoms with E-state index in [0.717, 1.165) is 16.7 Å². The number of nitrogens with one attached hydrogen (secondary N) is 1. The van der Waals surface area contributed by atoms with Crippen molar-refractivity contribution < 1.29 is 23.8 Å². The third-order valence-electron chi connectivity index (χ3n) is 6.29. The molecule has 0 aliphatic rings. The van der Waals surface area contributed by atoms with Gasteiger partial charge in [-0.3, -0.25) is 9.59 Å². The number of para-hydroxylation sites is 1. The fraction of sp³-hybridized carbons (Fsp3) is 0.267. The maximum absolute atomic E-state index is 12.3. The molecule has 6 nitrogen and oxygen atoms in total. The van der Waals surface area contributed by atoms with E-state index in [1.807, 2.05) is 42.5 Å². The summed E-state index contributed by atoms with van der Waals surface area (Å²) in [4.78, 5) is 22.9. The zero-order chi connectivity index (χ0) is 27.2. The first kappa shape index (κ1) is 27.6. The fourth-order valence-electron chi connectivity index (χ4n) is 4.03. The number of fused-ring (bicyclic) bond motifs is 1. The van der Waals surface area contributed by atoms with Gasteiger partial charge in [-0.15, -0.1) is 0 Å². The van der Waals surface area contributed by atoms with E-state index in [-0.39, 0.29) is 30.6 Å². The number of carboxylic acid groups (broad SMARTS) is 1. The molecule has 0 fully saturated rings. The van der Waals surface area contributed by atoms with E-state index in [9.17, 15) is 9.59 Å². The van der Waals surface area contributed by atoms with Crippen LogP contribution in [-0.2, 0) is 4.79 Å². The van der Waals surface area contributed by atoms with Gasteiger partial charge in [-0.25, -0.2) is 0 Å². The minimum atomic E-state index is -0.898. The van der Waals surface area contributed by atoms with E-state index < -0.39 is 5.97 Å². The number of aliphatic carboxylic acids is 1. The van der Waals surface area contributed by atoms with Crippen LogP contribution >= 0.6 is 23.2 Å². The van der Waals surface area contributed by atoms with Crippen molar-refractivity contribution in [3.63, 3.8) is 0 Å². The lowest BCUT2D eigenvalue weighted by Gasteiger charge is -2.24. The normalized spacial score (nSPS) is 12.0. The molecule has 0 bridgehead atoms. The Balaban J connectivity index is 1.40. The highest BCUT2D eigenvalue weighted by molar-refractivity contribution is 6.36. The van der Waals surface area contributed by atoms with Gasteiger partial charge in [0.1, 0.15) is 23.7 Å². The van der Waals surface area contributed by atoms with Crippen LogP contribution < -0.4 is 10.1 Å². The van der Waals surface area contributed by atoms with Crippen LogP contribution in [0.5, 0.6) is 5.75 Å². The van der Waals surface area contributed by atoms with Gasteiger partial charge in [0.05, 0.1) is 16.1 Å². The Kier molecular flexibility index (Phi) is 8.97. The lowest BCUT2D eigenvalue weighted by molar-refractivity contribution is -0.137. The third kappa shape index (κ3) is 6.88. The standard InChI is InChI=1S/C30H29Cl2NO5/c1-18(2)25(33-21-12-10-19(11-13-21)26(34)7-5-9-30(35)36)17-37-29-16-23(31)22(15-24(29)32)28-14-20-6-3-4-8-27(20)38-28/h3-4,6,8,10-16,18,25,33H,5,7,9,17H2,1-2H3,(H,35,36)/t25-/m1/s1. The van der Waals surface area contributed by atoms with E-state index in [0.29, 0.717) is 45.7 Å². The van der Waals surface area contributed by atoms with Gasteiger partial charge in [-0.1, -0.05) is 55.2 Å². The number of hydrogen-bond donors (Lipinski definition) is 2. The van der Waals surface area contributed by atoms with Crippen molar-refractivity contribution in [2.45, 2.75) is 39.2 Å². The number of ketones is 1. The van der Waals surface area contributed by atoms with Crippen LogP contribution in [0.4, 0.5) is 5.69 Å². The minimum Gasteiger partial charge on any atom is -0.490 e. The molecule has 3 aromatic carbocycles. The van der Waals surface area contributed by atoms with Gasteiger partial charge in [0.15, 0.2) is 5.78 Å². The van der Waals surface area contributed by atoms with Gasteiger partial charge in [-0.2, -0.15) is 0 Å². The molecule has 4 aromatic rings. The lowest BCUT2D eigenvalue weighted by Crippen LogP contribution is -2.32. The van der Waals surface area contributed by atoms with Crippen molar-refractivity contribution >= 4 is 51.6 Å². The molecule has 8 heteroatoms. The summed E-state index contributed by atoms with van der Waals surface area (Å²) in [6.45, 7) is 4.51. The van der Waals surface area contributed by atoms with Crippen molar-refractivity contribution in [2.75, 3.05) is 11.9 Å². The van der Waals surface area contributed by atoms with E-state index in [1.165, 1.54) is 0 Å². The number of rotatable bonds is 12. The number of ether oxygens (including phenoxy) is 1. The molecule has 0 saturated carbocycles. The molecule has 38 heavy (non-hydrogen) atoms. The first-order chi connectivity index (χ1) is 18.2. The van der Waals surface area contributed by atoms with Crippen LogP contribution in [0.15, 0.2) is 71.1 Å². The summed E-state index contributed by atoms with van der Waals surface area (Å²) >= 11 is 13.2. The molecule has 0 spiro atoms. The Morgan fingerprint density at radius 1 is 0.974 bits per heavy atom. The molecule has 0 aliphatic carbocycles. The molecule has 0 radical (unpaired) electrons. The lowest BCUT2D eigenvalue weighted by atomic mass is 10.0. The topological polar surface area (TPSA) is 88.8 Å². The largest absolute Gasteiger partial charge is 0.490 e. The monoisotopic (exact) mass is 553 g/mol. The Hall–Kier alpha value is -3.48. The van der Waals surface area contributed by atoms with Crippen LogP contribution in [0.25, 0.3) is 22.3 Å². The summed E-state index contributed by atoms with van der Waals surface area (Å²) in [7, 11) is 0. The average Bonchev–Trinajstić information content (AvgIpc) is 3.32. The SMILES string of the molecule is CC(C)[C@@H](COc1cc(Cl)c(-c2cc3ccccc3o2)cc1Cl)Nc1ccc(C(=O)CCCC(=O)O)cc1. The minimum absolute atomic E-state index is 0.0146. The van der Waals surface area contributed by atoms with E-state index in [4.69, 9.17) is 37.5 Å². The predicted octanol–water partition coefficient (Wildman–Crippen LogP) is 8.36. The summed E-state index contributed by atoms with van der Waals surface area (Å²) in [6.07, 6.45) is 0.520. The predicted molar refractivity (Wildman–Crippen MR) is 152 cm³/mol. The van der Waals surface area contributed by atoms with Gasteiger partial charge in [0.2, 0.25) is 0 Å². The maximum atomic E-state index is 12.3. The summed E-state index contributed by atoms with van der Waals surface area (Å²) in [6, 6.07) is 20.3. The average molecular weight is 554 g/mol. The van der Waals surface area contributed by atoms with Gasteiger partial charge in [-0.05, 0) is 54.8 Å². The van der Waals surface area contributed by atoms with E-state index in [2.05, 4.69) is 19.2 Å².